The summed E-state index contributed by atoms with van der Waals surface area (Å²) in [5.74, 6) is -0.0129. The number of rotatable bonds is 7. The van der Waals surface area contributed by atoms with Gasteiger partial charge in [-0.1, -0.05) is 13.8 Å². The molecule has 7 heteroatoms. The Hall–Kier alpha value is -0.820. The number of ether oxygens (including phenoxy) is 1. The maximum atomic E-state index is 11.7. The normalized spacial score (nSPS) is 15.6. The van der Waals surface area contributed by atoms with Gasteiger partial charge in [-0.25, -0.2) is 13.2 Å². The molecule has 0 heterocycles. The molecule has 0 saturated heterocycles. The quantitative estimate of drug-likeness (QED) is 0.742. The molecule has 0 rings (SSSR count). The first kappa shape index (κ1) is 20.2. The lowest BCUT2D eigenvalue weighted by molar-refractivity contribution is 0.0386. The molecule has 0 aromatic heterocycles. The van der Waals surface area contributed by atoms with Gasteiger partial charge in [-0.05, 0) is 33.1 Å². The van der Waals surface area contributed by atoms with Crippen molar-refractivity contribution in [3.05, 3.63) is 0 Å². The van der Waals surface area contributed by atoms with Crippen LogP contribution in [0.4, 0.5) is 4.79 Å². The minimum atomic E-state index is -3.12. The number of carbonyl (C=O) groups excluding carboxylic acids is 1. The summed E-state index contributed by atoms with van der Waals surface area (Å²) in [6, 6.07) is 0. The number of hydrogen-bond donors (Lipinski definition) is 2. The van der Waals surface area contributed by atoms with E-state index in [0.29, 0.717) is 0 Å². The standard InChI is InChI=1S/C14H29NO5S/c1-11(2)14(10-16,7-8-21(6,18)19)9-15-12(17)20-13(3,4)5/h11,16H,7-10H2,1-6H3,(H,15,17). The summed E-state index contributed by atoms with van der Waals surface area (Å²) in [6.45, 7) is 9.06. The molecule has 0 radical (unpaired) electrons. The first-order chi connectivity index (χ1) is 9.31. The highest BCUT2D eigenvalue weighted by Crippen LogP contribution is 2.31. The van der Waals surface area contributed by atoms with Crippen LogP contribution in [-0.4, -0.2) is 50.4 Å². The fourth-order valence-electron chi connectivity index (χ4n) is 1.85. The summed E-state index contributed by atoms with van der Waals surface area (Å²) in [5.41, 5.74) is -1.28. The smallest absolute Gasteiger partial charge is 0.407 e. The lowest BCUT2D eigenvalue weighted by Gasteiger charge is -2.36. The summed E-state index contributed by atoms with van der Waals surface area (Å²) in [7, 11) is -3.12. The van der Waals surface area contributed by atoms with Gasteiger partial charge in [0.05, 0.1) is 12.4 Å². The monoisotopic (exact) mass is 323 g/mol. The number of alkyl carbamates (subject to hydrolysis) is 1. The molecule has 1 atom stereocenters. The molecule has 1 unspecified atom stereocenters. The summed E-state index contributed by atoms with van der Waals surface area (Å²) >= 11 is 0. The van der Waals surface area contributed by atoms with Crippen LogP contribution in [0.2, 0.25) is 0 Å². The Kier molecular flexibility index (Phi) is 7.15. The molecule has 21 heavy (non-hydrogen) atoms. The average molecular weight is 323 g/mol. The lowest BCUT2D eigenvalue weighted by atomic mass is 9.75. The highest BCUT2D eigenvalue weighted by atomic mass is 32.2. The van der Waals surface area contributed by atoms with E-state index in [0.717, 1.165) is 6.26 Å². The highest BCUT2D eigenvalue weighted by Gasteiger charge is 2.35. The van der Waals surface area contributed by atoms with Gasteiger partial charge >= 0.3 is 6.09 Å². The van der Waals surface area contributed by atoms with Crippen molar-refractivity contribution >= 4 is 15.9 Å². The molecule has 2 N–H and O–H groups in total. The number of amides is 1. The van der Waals surface area contributed by atoms with E-state index in [4.69, 9.17) is 4.74 Å². The molecule has 0 fully saturated rings. The molecule has 0 aliphatic heterocycles. The van der Waals surface area contributed by atoms with E-state index in [-0.39, 0.29) is 31.2 Å². The molecule has 0 aromatic carbocycles. The van der Waals surface area contributed by atoms with Crippen molar-refractivity contribution in [2.75, 3.05) is 25.2 Å². The van der Waals surface area contributed by atoms with Crippen LogP contribution in [-0.2, 0) is 14.6 Å². The Labute approximate surface area is 128 Å². The Balaban J connectivity index is 4.81. The number of aliphatic hydroxyl groups excluding tert-OH is 1. The second-order valence-electron chi connectivity index (χ2n) is 6.91. The molecule has 0 aliphatic rings. The summed E-state index contributed by atoms with van der Waals surface area (Å²) in [6.07, 6.45) is 0.882. The van der Waals surface area contributed by atoms with Crippen LogP contribution in [0.15, 0.2) is 0 Å². The SMILES string of the molecule is CC(C)C(CO)(CCS(C)(=O)=O)CNC(=O)OC(C)(C)C. The maximum absolute atomic E-state index is 11.7. The molecular formula is C14H29NO5S. The zero-order valence-corrected chi connectivity index (χ0v) is 14.7. The Morgan fingerprint density at radius 1 is 1.29 bits per heavy atom. The third kappa shape index (κ3) is 8.26. The molecule has 126 valence electrons. The molecule has 0 bridgehead atoms. The van der Waals surface area contributed by atoms with Crippen LogP contribution >= 0.6 is 0 Å². The second-order valence-corrected chi connectivity index (χ2v) is 9.17. The van der Waals surface area contributed by atoms with Gasteiger partial charge in [0, 0.05) is 18.2 Å². The van der Waals surface area contributed by atoms with Gasteiger partial charge in [0.1, 0.15) is 15.4 Å². The highest BCUT2D eigenvalue weighted by molar-refractivity contribution is 7.90. The molecule has 0 saturated carbocycles. The van der Waals surface area contributed by atoms with Gasteiger partial charge in [-0.2, -0.15) is 0 Å². The van der Waals surface area contributed by atoms with E-state index in [1.807, 2.05) is 13.8 Å². The van der Waals surface area contributed by atoms with Crippen LogP contribution in [0.3, 0.4) is 0 Å². The van der Waals surface area contributed by atoms with Gasteiger partial charge in [-0.3, -0.25) is 0 Å². The first-order valence-electron chi connectivity index (χ1n) is 7.07. The van der Waals surface area contributed by atoms with E-state index in [9.17, 15) is 18.3 Å². The third-order valence-electron chi connectivity index (χ3n) is 3.49. The van der Waals surface area contributed by atoms with E-state index in [1.54, 1.807) is 20.8 Å². The first-order valence-corrected chi connectivity index (χ1v) is 9.13. The number of aliphatic hydroxyl groups is 1. The van der Waals surface area contributed by atoms with Crippen molar-refractivity contribution in [3.63, 3.8) is 0 Å². The maximum Gasteiger partial charge on any atom is 0.407 e. The summed E-state index contributed by atoms with van der Waals surface area (Å²) in [5, 5.41) is 12.3. The van der Waals surface area contributed by atoms with Crippen molar-refractivity contribution in [2.24, 2.45) is 11.3 Å². The summed E-state index contributed by atoms with van der Waals surface area (Å²) < 4.78 is 27.8. The van der Waals surface area contributed by atoms with E-state index >= 15 is 0 Å². The van der Waals surface area contributed by atoms with Gasteiger partial charge in [-0.15, -0.1) is 0 Å². The van der Waals surface area contributed by atoms with Crippen LogP contribution in [0.5, 0.6) is 0 Å². The predicted molar refractivity (Wildman–Crippen MR) is 82.9 cm³/mol. The van der Waals surface area contributed by atoms with Crippen molar-refractivity contribution < 1.29 is 23.1 Å². The third-order valence-corrected chi connectivity index (χ3v) is 4.44. The van der Waals surface area contributed by atoms with Crippen molar-refractivity contribution in [1.82, 2.24) is 5.32 Å². The van der Waals surface area contributed by atoms with E-state index in [2.05, 4.69) is 5.32 Å². The van der Waals surface area contributed by atoms with E-state index < -0.39 is 26.9 Å². The lowest BCUT2D eigenvalue weighted by Crippen LogP contribution is -2.46. The molecule has 1 amide bonds. The number of hydrogen-bond acceptors (Lipinski definition) is 5. The van der Waals surface area contributed by atoms with Gasteiger partial charge in [0.25, 0.3) is 0 Å². The molecule has 0 spiro atoms. The van der Waals surface area contributed by atoms with Crippen LogP contribution in [0.1, 0.15) is 41.0 Å². The van der Waals surface area contributed by atoms with Crippen LogP contribution in [0.25, 0.3) is 0 Å². The topological polar surface area (TPSA) is 92.7 Å². The Morgan fingerprint density at radius 3 is 2.14 bits per heavy atom. The molecular weight excluding hydrogens is 294 g/mol. The van der Waals surface area contributed by atoms with Gasteiger partial charge in [0.15, 0.2) is 0 Å². The summed E-state index contributed by atoms with van der Waals surface area (Å²) in [4.78, 5) is 11.7. The number of nitrogens with one attached hydrogen (secondary N) is 1. The fourth-order valence-corrected chi connectivity index (χ4v) is 2.63. The Bertz CT molecular complexity index is 439. The molecule has 6 nitrogen and oxygen atoms in total. The predicted octanol–water partition coefficient (Wildman–Crippen LogP) is 1.58. The van der Waals surface area contributed by atoms with Crippen molar-refractivity contribution in [3.8, 4) is 0 Å². The fraction of sp³-hybridized carbons (Fsp3) is 0.929. The van der Waals surface area contributed by atoms with Gasteiger partial charge < -0.3 is 15.2 Å². The van der Waals surface area contributed by atoms with Crippen LogP contribution < -0.4 is 5.32 Å². The second kappa shape index (κ2) is 7.45. The van der Waals surface area contributed by atoms with E-state index in [1.165, 1.54) is 0 Å². The number of carbonyl (C=O) groups is 1. The van der Waals surface area contributed by atoms with Crippen molar-refractivity contribution in [2.45, 2.75) is 46.6 Å². The number of sulfone groups is 1. The zero-order chi connectivity index (χ0) is 16.9. The van der Waals surface area contributed by atoms with Crippen LogP contribution in [0, 0.1) is 11.3 Å². The Morgan fingerprint density at radius 2 is 1.81 bits per heavy atom. The van der Waals surface area contributed by atoms with Crippen molar-refractivity contribution in [1.29, 1.82) is 0 Å². The van der Waals surface area contributed by atoms with Gasteiger partial charge in [0.2, 0.25) is 0 Å². The molecule has 0 aliphatic carbocycles. The minimum Gasteiger partial charge on any atom is -0.444 e. The molecule has 0 aromatic rings. The largest absolute Gasteiger partial charge is 0.444 e. The minimum absolute atomic E-state index is 0.0131. The average Bonchev–Trinajstić information content (AvgIpc) is 2.25. The zero-order valence-electron chi connectivity index (χ0n) is 13.9.